The Bertz CT molecular complexity index is 928. The fourth-order valence-corrected chi connectivity index (χ4v) is 4.56. The van der Waals surface area contributed by atoms with Crippen LogP contribution >= 0.6 is 35.3 Å². The minimum absolute atomic E-state index is 0. The summed E-state index contributed by atoms with van der Waals surface area (Å²) in [7, 11) is 1.81. The smallest absolute Gasteiger partial charge is 0.190 e. The molecule has 1 fully saturated rings. The monoisotopic (exact) mass is 524 g/mol. The maximum absolute atomic E-state index is 4.78. The number of guanidine groups is 1. The Kier molecular flexibility index (Phi) is 8.17. The molecule has 3 N–H and O–H groups in total. The molecule has 1 aliphatic heterocycles. The number of H-pyrrole nitrogens is 1. The Morgan fingerprint density at radius 2 is 1.93 bits per heavy atom. The Labute approximate surface area is 193 Å². The van der Waals surface area contributed by atoms with E-state index in [-0.39, 0.29) is 24.0 Å². The van der Waals surface area contributed by atoms with E-state index in [2.05, 4.69) is 61.4 Å². The van der Waals surface area contributed by atoms with Gasteiger partial charge in [0.2, 0.25) is 0 Å². The molecule has 1 aliphatic rings. The van der Waals surface area contributed by atoms with E-state index >= 15 is 0 Å². The molecule has 4 rings (SSSR count). The van der Waals surface area contributed by atoms with Gasteiger partial charge in [-0.15, -0.1) is 35.3 Å². The molecule has 3 aromatic rings. The molecule has 0 radical (unpaired) electrons. The lowest BCUT2D eigenvalue weighted by Gasteiger charge is -2.12. The Hall–Kier alpha value is -1.81. The first-order valence-electron chi connectivity index (χ1n) is 10.0. The Morgan fingerprint density at radius 1 is 1.17 bits per heavy atom. The lowest BCUT2D eigenvalue weighted by Crippen LogP contribution is -2.39. The maximum Gasteiger partial charge on any atom is 0.190 e. The second kappa shape index (κ2) is 10.8. The quantitative estimate of drug-likeness (QED) is 0.250. The van der Waals surface area contributed by atoms with Gasteiger partial charge in [0.05, 0.1) is 5.69 Å². The molecule has 1 aromatic carbocycles. The number of aliphatic imine (C=N–C) groups is 1. The van der Waals surface area contributed by atoms with Crippen molar-refractivity contribution in [1.82, 2.24) is 20.6 Å². The van der Waals surface area contributed by atoms with Crippen LogP contribution in [-0.2, 0) is 12.8 Å². The number of rotatable bonds is 7. The topological polar surface area (TPSA) is 68.3 Å². The van der Waals surface area contributed by atoms with E-state index in [4.69, 9.17) is 4.98 Å². The van der Waals surface area contributed by atoms with Crippen molar-refractivity contribution in [2.75, 3.05) is 38.1 Å². The number of hydrogen-bond acceptors (Lipinski definition) is 4. The summed E-state index contributed by atoms with van der Waals surface area (Å²) in [6.07, 6.45) is 6.54. The van der Waals surface area contributed by atoms with Crippen LogP contribution in [-0.4, -0.2) is 49.2 Å². The van der Waals surface area contributed by atoms with E-state index in [9.17, 15) is 0 Å². The molecule has 0 spiro atoms. The number of halogens is 1. The molecular formula is C21H29IN6S. The zero-order chi connectivity index (χ0) is 19.2. The molecule has 2 aromatic heterocycles. The van der Waals surface area contributed by atoms with Gasteiger partial charge < -0.3 is 20.5 Å². The fraction of sp³-hybridized carbons (Fsp3) is 0.429. The van der Waals surface area contributed by atoms with E-state index in [0.29, 0.717) is 0 Å². The molecule has 0 saturated carbocycles. The minimum Gasteiger partial charge on any atom is -0.361 e. The first-order chi connectivity index (χ1) is 13.8. The highest BCUT2D eigenvalue weighted by molar-refractivity contribution is 14.0. The number of fused-ring (bicyclic) bond motifs is 1. The summed E-state index contributed by atoms with van der Waals surface area (Å²) in [5.74, 6) is 0.842. The summed E-state index contributed by atoms with van der Waals surface area (Å²) < 4.78 is 0. The van der Waals surface area contributed by atoms with Crippen molar-refractivity contribution in [3.05, 3.63) is 47.1 Å². The number of benzene rings is 1. The number of nitrogens with zero attached hydrogens (tertiary/aromatic N) is 3. The first-order valence-corrected chi connectivity index (χ1v) is 10.9. The summed E-state index contributed by atoms with van der Waals surface area (Å²) in [6.45, 7) is 3.98. The number of nitrogens with one attached hydrogen (secondary N) is 3. The van der Waals surface area contributed by atoms with Crippen molar-refractivity contribution < 1.29 is 0 Å². The Balaban J connectivity index is 0.00000240. The summed E-state index contributed by atoms with van der Waals surface area (Å²) in [6, 6.07) is 8.42. The van der Waals surface area contributed by atoms with Crippen LogP contribution in [0.15, 0.2) is 40.8 Å². The molecule has 6 nitrogen and oxygen atoms in total. The van der Waals surface area contributed by atoms with Gasteiger partial charge in [-0.3, -0.25) is 4.99 Å². The van der Waals surface area contributed by atoms with E-state index in [1.807, 2.05) is 7.05 Å². The van der Waals surface area contributed by atoms with Gasteiger partial charge in [-0.05, 0) is 30.9 Å². The third-order valence-electron chi connectivity index (χ3n) is 5.18. The minimum atomic E-state index is 0. The average Bonchev–Trinajstić information content (AvgIpc) is 3.47. The third kappa shape index (κ3) is 5.63. The molecule has 0 atom stereocenters. The number of aromatic amines is 1. The molecule has 156 valence electrons. The van der Waals surface area contributed by atoms with Crippen LogP contribution in [0.2, 0.25) is 0 Å². The van der Waals surface area contributed by atoms with Crippen molar-refractivity contribution in [1.29, 1.82) is 0 Å². The Morgan fingerprint density at radius 3 is 2.72 bits per heavy atom. The summed E-state index contributed by atoms with van der Waals surface area (Å²) in [5, 5.41) is 11.5. The lowest BCUT2D eigenvalue weighted by atomic mass is 10.1. The molecular weight excluding hydrogens is 495 g/mol. The van der Waals surface area contributed by atoms with Gasteiger partial charge in [0.15, 0.2) is 11.1 Å². The highest BCUT2D eigenvalue weighted by Crippen LogP contribution is 2.24. The molecule has 1 saturated heterocycles. The second-order valence-corrected chi connectivity index (χ2v) is 7.94. The SMILES string of the molecule is CN=C(NCCc1csc(N2CCCC2)n1)NCCc1c[nH]c2ccccc12.I. The van der Waals surface area contributed by atoms with Gasteiger partial charge in [-0.2, -0.15) is 0 Å². The van der Waals surface area contributed by atoms with Gasteiger partial charge in [0, 0.05) is 62.1 Å². The number of thiazole rings is 1. The van der Waals surface area contributed by atoms with Crippen LogP contribution in [0, 0.1) is 0 Å². The predicted molar refractivity (Wildman–Crippen MR) is 134 cm³/mol. The molecule has 8 heteroatoms. The highest BCUT2D eigenvalue weighted by atomic mass is 127. The molecule has 0 aliphatic carbocycles. The average molecular weight is 524 g/mol. The zero-order valence-electron chi connectivity index (χ0n) is 16.8. The fourth-order valence-electron chi connectivity index (χ4n) is 3.65. The third-order valence-corrected chi connectivity index (χ3v) is 6.13. The van der Waals surface area contributed by atoms with Gasteiger partial charge in [-0.25, -0.2) is 4.98 Å². The largest absolute Gasteiger partial charge is 0.361 e. The summed E-state index contributed by atoms with van der Waals surface area (Å²) in [4.78, 5) is 14.8. The van der Waals surface area contributed by atoms with Crippen LogP contribution in [0.1, 0.15) is 24.1 Å². The number of para-hydroxylation sites is 1. The van der Waals surface area contributed by atoms with Crippen LogP contribution < -0.4 is 15.5 Å². The molecule has 0 bridgehead atoms. The van der Waals surface area contributed by atoms with Crippen LogP contribution in [0.4, 0.5) is 5.13 Å². The molecule has 29 heavy (non-hydrogen) atoms. The van der Waals surface area contributed by atoms with Crippen LogP contribution in [0.5, 0.6) is 0 Å². The number of aromatic nitrogens is 2. The summed E-state index contributed by atoms with van der Waals surface area (Å²) in [5.41, 5.74) is 3.68. The second-order valence-electron chi connectivity index (χ2n) is 7.10. The summed E-state index contributed by atoms with van der Waals surface area (Å²) >= 11 is 1.76. The van der Waals surface area contributed by atoms with Crippen molar-refractivity contribution in [3.63, 3.8) is 0 Å². The van der Waals surface area contributed by atoms with Crippen molar-refractivity contribution >= 4 is 57.3 Å². The van der Waals surface area contributed by atoms with Crippen molar-refractivity contribution in [2.45, 2.75) is 25.7 Å². The van der Waals surface area contributed by atoms with E-state index < -0.39 is 0 Å². The van der Waals surface area contributed by atoms with E-state index in [0.717, 1.165) is 50.7 Å². The predicted octanol–water partition coefficient (Wildman–Crippen LogP) is 3.79. The first kappa shape index (κ1) is 21.9. The van der Waals surface area contributed by atoms with Gasteiger partial charge >= 0.3 is 0 Å². The van der Waals surface area contributed by atoms with Gasteiger partial charge in [0.1, 0.15) is 0 Å². The molecule has 3 heterocycles. The standard InChI is InChI=1S/C21H28N6S.HI/c1-22-20(23-10-8-16-14-25-19-7-3-2-6-18(16)19)24-11-9-17-15-28-21(26-17)27-12-4-5-13-27;/h2-3,6-7,14-15,25H,4-5,8-13H2,1H3,(H2,22,23,24);1H. The highest BCUT2D eigenvalue weighted by Gasteiger charge is 2.15. The maximum atomic E-state index is 4.78. The van der Waals surface area contributed by atoms with E-state index in [1.165, 1.54) is 34.4 Å². The molecule has 0 amide bonds. The lowest BCUT2D eigenvalue weighted by molar-refractivity contribution is 0.778. The van der Waals surface area contributed by atoms with Crippen LogP contribution in [0.3, 0.4) is 0 Å². The number of anilines is 1. The van der Waals surface area contributed by atoms with Crippen molar-refractivity contribution in [3.8, 4) is 0 Å². The van der Waals surface area contributed by atoms with Crippen LogP contribution in [0.25, 0.3) is 10.9 Å². The van der Waals surface area contributed by atoms with E-state index in [1.54, 1.807) is 11.3 Å². The zero-order valence-corrected chi connectivity index (χ0v) is 19.9. The normalized spacial score (nSPS) is 14.2. The van der Waals surface area contributed by atoms with Gasteiger partial charge in [-0.1, -0.05) is 18.2 Å². The number of hydrogen-bond donors (Lipinski definition) is 3. The van der Waals surface area contributed by atoms with Crippen molar-refractivity contribution in [2.24, 2.45) is 4.99 Å². The van der Waals surface area contributed by atoms with Gasteiger partial charge in [0.25, 0.3) is 0 Å². The molecule has 0 unspecified atom stereocenters.